The first-order valence-electron chi connectivity index (χ1n) is 2.94. The van der Waals surface area contributed by atoms with Crippen molar-refractivity contribution < 1.29 is 0 Å². The first-order valence-corrected chi connectivity index (χ1v) is 3.31. The summed E-state index contributed by atoms with van der Waals surface area (Å²) in [5.74, 6) is 0. The first kappa shape index (κ1) is 6.62. The van der Waals surface area contributed by atoms with Crippen molar-refractivity contribution in [3.05, 3.63) is 16.9 Å². The second kappa shape index (κ2) is 2.40. The molecule has 1 heterocycles. The standard InChI is InChI=1S/C6H9ClN2/c1-3-9-6(7)4-5(2)8-9/h4H,3H2,1-2H3. The zero-order valence-corrected chi connectivity index (χ0v) is 6.31. The van der Waals surface area contributed by atoms with Crippen LogP contribution >= 0.6 is 11.6 Å². The lowest BCUT2D eigenvalue weighted by atomic mass is 10.5. The van der Waals surface area contributed by atoms with Gasteiger partial charge in [-0.3, -0.25) is 4.68 Å². The van der Waals surface area contributed by atoms with Crippen LogP contribution in [0.4, 0.5) is 0 Å². The molecule has 0 spiro atoms. The van der Waals surface area contributed by atoms with Gasteiger partial charge in [0, 0.05) is 6.54 Å². The minimum atomic E-state index is 0.718. The summed E-state index contributed by atoms with van der Waals surface area (Å²) in [6.45, 7) is 4.78. The third-order valence-electron chi connectivity index (χ3n) is 1.15. The zero-order valence-electron chi connectivity index (χ0n) is 5.56. The Balaban J connectivity index is 3.01. The Hall–Kier alpha value is -0.500. The van der Waals surface area contributed by atoms with Crippen LogP contribution < -0.4 is 0 Å². The van der Waals surface area contributed by atoms with Crippen molar-refractivity contribution >= 4 is 11.6 Å². The molecule has 1 rings (SSSR count). The highest BCUT2D eigenvalue weighted by atomic mass is 35.5. The van der Waals surface area contributed by atoms with E-state index in [1.807, 2.05) is 19.9 Å². The molecule has 1 aromatic heterocycles. The predicted octanol–water partition coefficient (Wildman–Crippen LogP) is 1.86. The Labute approximate surface area is 59.4 Å². The van der Waals surface area contributed by atoms with E-state index in [1.54, 1.807) is 4.68 Å². The van der Waals surface area contributed by atoms with Gasteiger partial charge in [0.05, 0.1) is 5.69 Å². The van der Waals surface area contributed by atoms with Crippen LogP contribution in [0.3, 0.4) is 0 Å². The Morgan fingerprint density at radius 2 is 2.44 bits per heavy atom. The van der Waals surface area contributed by atoms with E-state index in [1.165, 1.54) is 0 Å². The molecule has 0 fully saturated rings. The topological polar surface area (TPSA) is 17.8 Å². The van der Waals surface area contributed by atoms with E-state index < -0.39 is 0 Å². The van der Waals surface area contributed by atoms with Crippen LogP contribution in [0, 0.1) is 6.92 Å². The van der Waals surface area contributed by atoms with Gasteiger partial charge < -0.3 is 0 Å². The van der Waals surface area contributed by atoms with Crippen molar-refractivity contribution in [3.63, 3.8) is 0 Å². The van der Waals surface area contributed by atoms with Gasteiger partial charge in [0.1, 0.15) is 5.15 Å². The minimum Gasteiger partial charge on any atom is -0.254 e. The summed E-state index contributed by atoms with van der Waals surface area (Å²) in [5, 5.41) is 4.83. The second-order valence-electron chi connectivity index (χ2n) is 1.92. The third-order valence-corrected chi connectivity index (χ3v) is 1.46. The SMILES string of the molecule is CCn1nc(C)cc1Cl. The minimum absolute atomic E-state index is 0.718. The highest BCUT2D eigenvalue weighted by Gasteiger charge is 1.97. The quantitative estimate of drug-likeness (QED) is 0.589. The zero-order chi connectivity index (χ0) is 6.85. The monoisotopic (exact) mass is 144 g/mol. The number of rotatable bonds is 1. The van der Waals surface area contributed by atoms with Gasteiger partial charge in [0.25, 0.3) is 0 Å². The summed E-state index contributed by atoms with van der Waals surface area (Å²) in [6, 6.07) is 1.85. The van der Waals surface area contributed by atoms with Crippen molar-refractivity contribution in [3.8, 4) is 0 Å². The van der Waals surface area contributed by atoms with Crippen LogP contribution in [-0.2, 0) is 6.54 Å². The van der Waals surface area contributed by atoms with Gasteiger partial charge in [-0.25, -0.2) is 0 Å². The van der Waals surface area contributed by atoms with Gasteiger partial charge in [-0.1, -0.05) is 11.6 Å². The van der Waals surface area contributed by atoms with Crippen molar-refractivity contribution in [1.29, 1.82) is 0 Å². The maximum absolute atomic E-state index is 5.75. The molecule has 0 radical (unpaired) electrons. The van der Waals surface area contributed by atoms with E-state index in [0.717, 1.165) is 17.4 Å². The van der Waals surface area contributed by atoms with Gasteiger partial charge >= 0.3 is 0 Å². The molecule has 0 aromatic carbocycles. The van der Waals surface area contributed by atoms with Gasteiger partial charge in [-0.2, -0.15) is 5.10 Å². The maximum atomic E-state index is 5.75. The van der Waals surface area contributed by atoms with E-state index in [2.05, 4.69) is 5.10 Å². The molecule has 0 aliphatic heterocycles. The molecular weight excluding hydrogens is 136 g/mol. The van der Waals surface area contributed by atoms with Crippen molar-refractivity contribution in [2.45, 2.75) is 20.4 Å². The molecule has 0 amide bonds. The molecule has 50 valence electrons. The fourth-order valence-corrected chi connectivity index (χ4v) is 1.05. The summed E-state index contributed by atoms with van der Waals surface area (Å²) in [7, 11) is 0. The third kappa shape index (κ3) is 1.24. The van der Waals surface area contributed by atoms with Crippen molar-refractivity contribution in [2.75, 3.05) is 0 Å². The molecule has 9 heavy (non-hydrogen) atoms. The summed E-state index contributed by atoms with van der Waals surface area (Å²) < 4.78 is 1.76. The molecule has 0 N–H and O–H groups in total. The molecule has 3 heteroatoms. The average Bonchev–Trinajstić information content (AvgIpc) is 2.10. The Kier molecular flexibility index (Phi) is 1.76. The Bertz CT molecular complexity index is 205. The lowest BCUT2D eigenvalue weighted by Gasteiger charge is -1.93. The van der Waals surface area contributed by atoms with Crippen molar-refractivity contribution in [1.82, 2.24) is 9.78 Å². The Morgan fingerprint density at radius 3 is 2.67 bits per heavy atom. The predicted molar refractivity (Wildman–Crippen MR) is 37.6 cm³/mol. The number of halogens is 1. The molecule has 0 aliphatic rings. The first-order chi connectivity index (χ1) is 4.24. The van der Waals surface area contributed by atoms with E-state index >= 15 is 0 Å². The van der Waals surface area contributed by atoms with E-state index in [-0.39, 0.29) is 0 Å². The molecule has 0 unspecified atom stereocenters. The van der Waals surface area contributed by atoms with E-state index in [4.69, 9.17) is 11.6 Å². The molecule has 0 bridgehead atoms. The fraction of sp³-hybridized carbons (Fsp3) is 0.500. The molecule has 1 aromatic rings. The number of hydrogen-bond donors (Lipinski definition) is 0. The van der Waals surface area contributed by atoms with Gasteiger partial charge in [-0.15, -0.1) is 0 Å². The molecule has 0 saturated heterocycles. The number of nitrogens with zero attached hydrogens (tertiary/aromatic N) is 2. The maximum Gasteiger partial charge on any atom is 0.127 e. The summed E-state index contributed by atoms with van der Waals surface area (Å²) >= 11 is 5.75. The summed E-state index contributed by atoms with van der Waals surface area (Å²) in [6.07, 6.45) is 0. The molecule has 0 saturated carbocycles. The van der Waals surface area contributed by atoms with Crippen LogP contribution in [0.15, 0.2) is 6.07 Å². The second-order valence-corrected chi connectivity index (χ2v) is 2.31. The van der Waals surface area contributed by atoms with Crippen molar-refractivity contribution in [2.24, 2.45) is 0 Å². The van der Waals surface area contributed by atoms with Crippen LogP contribution in [0.5, 0.6) is 0 Å². The molecule has 0 atom stereocenters. The average molecular weight is 145 g/mol. The Morgan fingerprint density at radius 1 is 1.78 bits per heavy atom. The smallest absolute Gasteiger partial charge is 0.127 e. The van der Waals surface area contributed by atoms with Crippen LogP contribution in [0.2, 0.25) is 5.15 Å². The van der Waals surface area contributed by atoms with E-state index in [9.17, 15) is 0 Å². The highest BCUT2D eigenvalue weighted by Crippen LogP contribution is 2.08. The van der Waals surface area contributed by atoms with Gasteiger partial charge in [-0.05, 0) is 19.9 Å². The summed E-state index contributed by atoms with van der Waals surface area (Å²) in [5.41, 5.74) is 0.974. The normalized spacial score (nSPS) is 10.1. The fourth-order valence-electron chi connectivity index (χ4n) is 0.736. The van der Waals surface area contributed by atoms with Crippen LogP contribution in [-0.4, -0.2) is 9.78 Å². The highest BCUT2D eigenvalue weighted by molar-refractivity contribution is 6.29. The molecule has 0 aliphatic carbocycles. The lowest BCUT2D eigenvalue weighted by Crippen LogP contribution is -1.95. The van der Waals surface area contributed by atoms with Crippen LogP contribution in [0.25, 0.3) is 0 Å². The van der Waals surface area contributed by atoms with Gasteiger partial charge in [0.15, 0.2) is 0 Å². The number of aryl methyl sites for hydroxylation is 2. The van der Waals surface area contributed by atoms with Gasteiger partial charge in [0.2, 0.25) is 0 Å². The van der Waals surface area contributed by atoms with E-state index in [0.29, 0.717) is 0 Å². The number of aromatic nitrogens is 2. The van der Waals surface area contributed by atoms with Crippen LogP contribution in [0.1, 0.15) is 12.6 Å². The largest absolute Gasteiger partial charge is 0.254 e. The molecule has 2 nitrogen and oxygen atoms in total. The lowest BCUT2D eigenvalue weighted by molar-refractivity contribution is 0.654. The number of hydrogen-bond acceptors (Lipinski definition) is 1. The molecular formula is C6H9ClN2. The summed E-state index contributed by atoms with van der Waals surface area (Å²) in [4.78, 5) is 0.